The number of allylic oxidation sites excluding steroid dienone is 5. The molecular formula is C38H66KN5. The van der Waals surface area contributed by atoms with Crippen LogP contribution in [0, 0.1) is 17.4 Å². The van der Waals surface area contributed by atoms with Gasteiger partial charge in [-0.2, -0.15) is 0 Å². The first-order valence-corrected chi connectivity index (χ1v) is 16.7. The van der Waals surface area contributed by atoms with E-state index in [4.69, 9.17) is 4.99 Å². The minimum atomic E-state index is 0. The molecule has 0 aliphatic heterocycles. The average molecular weight is 632 g/mol. The van der Waals surface area contributed by atoms with Gasteiger partial charge in [-0.1, -0.05) is 106 Å². The van der Waals surface area contributed by atoms with Crippen molar-refractivity contribution in [2.24, 2.45) is 16.3 Å². The van der Waals surface area contributed by atoms with Gasteiger partial charge in [0.15, 0.2) is 0 Å². The Labute approximate surface area is 315 Å². The molecule has 1 heterocycles. The van der Waals surface area contributed by atoms with Crippen LogP contribution in [0.3, 0.4) is 0 Å². The fraction of sp³-hybridized carbons (Fsp3) is 0.605. The van der Waals surface area contributed by atoms with E-state index in [0.717, 1.165) is 44.7 Å². The van der Waals surface area contributed by atoms with Crippen molar-refractivity contribution in [2.45, 2.75) is 126 Å². The Bertz CT molecular complexity index is 989. The van der Waals surface area contributed by atoms with Gasteiger partial charge in [0, 0.05) is 37.4 Å². The van der Waals surface area contributed by atoms with Crippen LogP contribution in [-0.4, -0.2) is 24.3 Å². The largest absolute Gasteiger partial charge is 1.00 e. The van der Waals surface area contributed by atoms with Crippen LogP contribution >= 0.6 is 0 Å². The predicted octanol–water partition coefficient (Wildman–Crippen LogP) is 6.86. The molecule has 1 atom stereocenters. The van der Waals surface area contributed by atoms with Gasteiger partial charge in [0.05, 0.1) is 0 Å². The Hall–Kier alpha value is -1.15. The third kappa shape index (κ3) is 20.1. The van der Waals surface area contributed by atoms with Crippen LogP contribution in [0.25, 0.3) is 0 Å². The average Bonchev–Trinajstić information content (AvgIpc) is 3.00. The van der Waals surface area contributed by atoms with Crippen LogP contribution in [0.4, 0.5) is 0 Å². The molecule has 1 unspecified atom stereocenters. The molecule has 244 valence electrons. The van der Waals surface area contributed by atoms with E-state index < -0.39 is 0 Å². The fourth-order valence-corrected chi connectivity index (χ4v) is 5.06. The van der Waals surface area contributed by atoms with Crippen molar-refractivity contribution in [3.63, 3.8) is 0 Å². The molecule has 1 aromatic heterocycles. The molecule has 0 bridgehead atoms. The summed E-state index contributed by atoms with van der Waals surface area (Å²) < 4.78 is 0. The number of aryl methyl sites for hydroxylation is 1. The molecule has 0 fully saturated rings. The molecule has 0 radical (unpaired) electrons. The van der Waals surface area contributed by atoms with Gasteiger partial charge in [0.25, 0.3) is 0 Å². The maximum atomic E-state index is 4.97. The molecule has 3 N–H and O–H groups in total. The molecule has 5 nitrogen and oxygen atoms in total. The molecule has 0 saturated carbocycles. The van der Waals surface area contributed by atoms with Gasteiger partial charge in [0.2, 0.25) is 0 Å². The molecule has 2 rings (SSSR count). The summed E-state index contributed by atoms with van der Waals surface area (Å²) in [5, 5.41) is 3.52. The first kappa shape index (κ1) is 45.0. The number of unbranched alkanes of at least 4 members (excludes halogenated alkanes) is 3. The monoisotopic (exact) mass is 631 g/mol. The number of hydrazine groups is 1. The van der Waals surface area contributed by atoms with E-state index in [1.165, 1.54) is 72.3 Å². The zero-order chi connectivity index (χ0) is 32.7. The van der Waals surface area contributed by atoms with Crippen molar-refractivity contribution in [3.8, 4) is 0 Å². The Morgan fingerprint density at radius 2 is 1.75 bits per heavy atom. The SMILES string of the molecule is C=C.C=C(CCC(C)(C)C)NCCCCCCC(C)/C(NNC)=C1/C=CC(=N[C-](C)Cc2ccncc2CC)CC1.CC.[K+]. The van der Waals surface area contributed by atoms with E-state index >= 15 is 0 Å². The van der Waals surface area contributed by atoms with Crippen molar-refractivity contribution in [2.75, 3.05) is 13.6 Å². The number of aliphatic imine (C=N–C) groups is 1. The second-order valence-corrected chi connectivity index (χ2v) is 12.4. The Morgan fingerprint density at radius 3 is 2.34 bits per heavy atom. The molecule has 0 aromatic carbocycles. The standard InChI is InChI=1S/C34H56N5.C2H6.C2H4.K/c1-9-29-25-36-23-20-31(29)24-28(4)38-32-17-15-30(16-18-32)33(39-35-8)26(2)14-12-10-11-13-22-37-27(3)19-21-34(5,6)7;2*1-2;/h15,17,20,23,25-26,35,37,39H,3,9-14,16,18-19,21-22,24H2,1-2,4-8H3;1-2H3;1-2H2;/q-1;;;+1/b33-30+,38-32?;;;. The number of nitrogens with one attached hydrogen (secondary N) is 3. The molecule has 0 spiro atoms. The topological polar surface area (TPSA) is 61.3 Å². The van der Waals surface area contributed by atoms with E-state index in [1.54, 1.807) is 0 Å². The number of rotatable bonds is 17. The molecule has 1 aliphatic carbocycles. The van der Waals surface area contributed by atoms with E-state index in [0.29, 0.717) is 11.3 Å². The first-order chi connectivity index (χ1) is 20.6. The quantitative estimate of drug-likeness (QED) is 0.0578. The summed E-state index contributed by atoms with van der Waals surface area (Å²) in [7, 11) is 1.96. The molecule has 0 amide bonds. The van der Waals surface area contributed by atoms with Gasteiger partial charge in [-0.25, -0.2) is 5.43 Å². The van der Waals surface area contributed by atoms with Crippen molar-refractivity contribution in [3.05, 3.63) is 84.5 Å². The second-order valence-electron chi connectivity index (χ2n) is 12.4. The van der Waals surface area contributed by atoms with Crippen molar-refractivity contribution >= 4 is 5.71 Å². The summed E-state index contributed by atoms with van der Waals surface area (Å²) in [6, 6.07) is 3.29. The van der Waals surface area contributed by atoms with Crippen LogP contribution in [0.1, 0.15) is 124 Å². The van der Waals surface area contributed by atoms with Crippen LogP contribution in [0.2, 0.25) is 0 Å². The Morgan fingerprint density at radius 1 is 1.07 bits per heavy atom. The van der Waals surface area contributed by atoms with Gasteiger partial charge in [0.1, 0.15) is 0 Å². The summed E-state index contributed by atoms with van der Waals surface area (Å²) in [6.45, 7) is 28.8. The van der Waals surface area contributed by atoms with E-state index in [9.17, 15) is 0 Å². The molecule has 1 aromatic rings. The number of hydrogen-bond donors (Lipinski definition) is 3. The number of hydrogen-bond acceptors (Lipinski definition) is 5. The second kappa shape index (κ2) is 27.0. The molecule has 6 heteroatoms. The normalized spacial score (nSPS) is 15.1. The minimum Gasteiger partial charge on any atom is -0.447 e. The van der Waals surface area contributed by atoms with E-state index in [-0.39, 0.29) is 51.4 Å². The zero-order valence-electron chi connectivity index (χ0n) is 30.5. The van der Waals surface area contributed by atoms with Crippen molar-refractivity contribution < 1.29 is 51.4 Å². The van der Waals surface area contributed by atoms with E-state index in [1.807, 2.05) is 33.3 Å². The Balaban J connectivity index is 0. The summed E-state index contributed by atoms with van der Waals surface area (Å²) in [5.74, 6) is 0.498. The maximum absolute atomic E-state index is 4.97. The summed E-state index contributed by atoms with van der Waals surface area (Å²) in [4.78, 5) is 9.23. The number of nitrogens with zero attached hydrogens (tertiary/aromatic N) is 2. The van der Waals surface area contributed by atoms with Gasteiger partial charge in [-0.15, -0.1) is 31.0 Å². The van der Waals surface area contributed by atoms with Crippen LogP contribution < -0.4 is 67.6 Å². The Kier molecular flexibility index (Phi) is 27.6. The molecular weight excluding hydrogens is 566 g/mol. The third-order valence-corrected chi connectivity index (χ3v) is 7.51. The number of pyridine rings is 1. The van der Waals surface area contributed by atoms with Gasteiger partial charge in [-0.05, 0) is 67.1 Å². The summed E-state index contributed by atoms with van der Waals surface area (Å²) in [5.41, 5.74) is 14.7. The summed E-state index contributed by atoms with van der Waals surface area (Å²) >= 11 is 0. The van der Waals surface area contributed by atoms with Crippen LogP contribution in [-0.2, 0) is 12.8 Å². The molecule has 44 heavy (non-hydrogen) atoms. The zero-order valence-corrected chi connectivity index (χ0v) is 33.6. The smallest absolute Gasteiger partial charge is 0.447 e. The third-order valence-electron chi connectivity index (χ3n) is 7.51. The van der Waals surface area contributed by atoms with Gasteiger partial charge < -0.3 is 15.7 Å². The predicted molar refractivity (Wildman–Crippen MR) is 192 cm³/mol. The van der Waals surface area contributed by atoms with Gasteiger partial charge in [-0.3, -0.25) is 4.98 Å². The minimum absolute atomic E-state index is 0. The summed E-state index contributed by atoms with van der Waals surface area (Å²) in [6.07, 6.45) is 20.7. The maximum Gasteiger partial charge on any atom is 1.00 e. The van der Waals surface area contributed by atoms with Crippen LogP contribution in [0.15, 0.2) is 72.3 Å². The van der Waals surface area contributed by atoms with Crippen molar-refractivity contribution in [1.29, 1.82) is 0 Å². The molecule has 0 saturated heterocycles. The van der Waals surface area contributed by atoms with Gasteiger partial charge >= 0.3 is 51.4 Å². The first-order valence-electron chi connectivity index (χ1n) is 16.7. The number of aromatic nitrogens is 1. The van der Waals surface area contributed by atoms with Crippen molar-refractivity contribution in [1.82, 2.24) is 21.2 Å². The molecule has 1 aliphatic rings. The fourth-order valence-electron chi connectivity index (χ4n) is 5.06. The van der Waals surface area contributed by atoms with E-state index in [2.05, 4.69) is 101 Å². The van der Waals surface area contributed by atoms with Crippen LogP contribution in [0.5, 0.6) is 0 Å².